The molecule has 1 aliphatic heterocycles. The first-order valence-electron chi connectivity index (χ1n) is 6.56. The Bertz CT molecular complexity index is 337. The molecule has 1 N–H and O–H groups in total. The van der Waals surface area contributed by atoms with E-state index in [1.165, 1.54) is 5.56 Å². The molecule has 94 valence electrons. The summed E-state index contributed by atoms with van der Waals surface area (Å²) in [6.07, 6.45) is 3.77. The van der Waals surface area contributed by atoms with E-state index in [4.69, 9.17) is 0 Å². The number of nitrogens with zero attached hydrogens (tertiary/aromatic N) is 2. The molecule has 0 saturated carbocycles. The summed E-state index contributed by atoms with van der Waals surface area (Å²) < 4.78 is 0. The minimum atomic E-state index is 0.487. The molecule has 2 heterocycles. The van der Waals surface area contributed by atoms with Gasteiger partial charge in [-0.3, -0.25) is 9.88 Å². The van der Waals surface area contributed by atoms with E-state index in [9.17, 15) is 0 Å². The van der Waals surface area contributed by atoms with E-state index in [2.05, 4.69) is 48.1 Å². The molecule has 1 saturated heterocycles. The molecule has 1 aromatic heterocycles. The molecule has 2 unspecified atom stereocenters. The molecule has 17 heavy (non-hydrogen) atoms. The van der Waals surface area contributed by atoms with Crippen LogP contribution in [-0.4, -0.2) is 35.6 Å². The van der Waals surface area contributed by atoms with Gasteiger partial charge in [-0.25, -0.2) is 0 Å². The molecule has 0 spiro atoms. The molecule has 0 bridgehead atoms. The van der Waals surface area contributed by atoms with Gasteiger partial charge in [0.25, 0.3) is 0 Å². The maximum Gasteiger partial charge on any atom is 0.0322 e. The normalized spacial score (nSPS) is 23.9. The van der Waals surface area contributed by atoms with Crippen molar-refractivity contribution in [3.63, 3.8) is 0 Å². The highest BCUT2D eigenvalue weighted by atomic mass is 15.2. The van der Waals surface area contributed by atoms with Crippen LogP contribution in [0.25, 0.3) is 0 Å². The predicted molar refractivity (Wildman–Crippen MR) is 70.9 cm³/mol. The largest absolute Gasteiger partial charge is 0.311 e. The summed E-state index contributed by atoms with van der Waals surface area (Å²) in [5.74, 6) is 0.697. The van der Waals surface area contributed by atoms with E-state index in [0.29, 0.717) is 18.0 Å². The molecular weight excluding hydrogens is 210 g/mol. The number of pyridine rings is 1. The van der Waals surface area contributed by atoms with Gasteiger partial charge in [0.1, 0.15) is 0 Å². The van der Waals surface area contributed by atoms with Crippen LogP contribution in [-0.2, 0) is 0 Å². The van der Waals surface area contributed by atoms with Gasteiger partial charge in [-0.05, 0) is 30.5 Å². The Morgan fingerprint density at radius 3 is 2.65 bits per heavy atom. The Morgan fingerprint density at radius 2 is 2.00 bits per heavy atom. The van der Waals surface area contributed by atoms with Crippen molar-refractivity contribution in [2.24, 2.45) is 5.92 Å². The van der Waals surface area contributed by atoms with Crippen LogP contribution in [0.1, 0.15) is 32.4 Å². The van der Waals surface area contributed by atoms with Crippen molar-refractivity contribution in [3.05, 3.63) is 30.1 Å². The molecular formula is C14H23N3. The minimum Gasteiger partial charge on any atom is -0.311 e. The fraction of sp³-hybridized carbons (Fsp3) is 0.643. The summed E-state index contributed by atoms with van der Waals surface area (Å²) in [6, 6.07) is 5.35. The van der Waals surface area contributed by atoms with E-state index in [0.717, 1.165) is 19.6 Å². The summed E-state index contributed by atoms with van der Waals surface area (Å²) >= 11 is 0. The van der Waals surface area contributed by atoms with Crippen LogP contribution in [0, 0.1) is 5.92 Å². The summed E-state index contributed by atoms with van der Waals surface area (Å²) in [5.41, 5.74) is 1.37. The highest BCUT2D eigenvalue weighted by Crippen LogP contribution is 2.21. The van der Waals surface area contributed by atoms with Crippen molar-refractivity contribution in [2.75, 3.05) is 19.6 Å². The van der Waals surface area contributed by atoms with Gasteiger partial charge in [0, 0.05) is 44.1 Å². The van der Waals surface area contributed by atoms with E-state index in [-0.39, 0.29) is 0 Å². The van der Waals surface area contributed by atoms with Crippen LogP contribution in [0.5, 0.6) is 0 Å². The topological polar surface area (TPSA) is 28.2 Å². The van der Waals surface area contributed by atoms with Crippen LogP contribution in [0.4, 0.5) is 0 Å². The number of aromatic nitrogens is 1. The maximum atomic E-state index is 4.09. The zero-order chi connectivity index (χ0) is 12.3. The Kier molecular flexibility index (Phi) is 4.13. The van der Waals surface area contributed by atoms with Gasteiger partial charge in [0.2, 0.25) is 0 Å². The SMILES string of the molecule is CC(C)C1CN(C(C)c2ccncc2)CCN1. The van der Waals surface area contributed by atoms with Crippen LogP contribution in [0.15, 0.2) is 24.5 Å². The van der Waals surface area contributed by atoms with Crippen LogP contribution in [0.2, 0.25) is 0 Å². The standard InChI is InChI=1S/C14H23N3/c1-11(2)14-10-17(9-8-16-14)12(3)13-4-6-15-7-5-13/h4-7,11-12,14,16H,8-10H2,1-3H3. The van der Waals surface area contributed by atoms with Gasteiger partial charge in [0.05, 0.1) is 0 Å². The maximum absolute atomic E-state index is 4.09. The molecule has 0 aromatic carbocycles. The first-order valence-corrected chi connectivity index (χ1v) is 6.56. The Hall–Kier alpha value is -0.930. The van der Waals surface area contributed by atoms with E-state index in [1.807, 2.05) is 12.4 Å². The highest BCUT2D eigenvalue weighted by molar-refractivity contribution is 5.14. The molecule has 0 radical (unpaired) electrons. The smallest absolute Gasteiger partial charge is 0.0322 e. The number of nitrogens with one attached hydrogen (secondary N) is 1. The second-order valence-electron chi connectivity index (χ2n) is 5.26. The van der Waals surface area contributed by atoms with Crippen LogP contribution in [0.3, 0.4) is 0 Å². The summed E-state index contributed by atoms with van der Waals surface area (Å²) in [7, 11) is 0. The molecule has 3 heteroatoms. The van der Waals surface area contributed by atoms with Gasteiger partial charge in [0.15, 0.2) is 0 Å². The van der Waals surface area contributed by atoms with Crippen molar-refractivity contribution in [2.45, 2.75) is 32.9 Å². The number of hydrogen-bond donors (Lipinski definition) is 1. The fourth-order valence-corrected chi connectivity index (χ4v) is 2.45. The molecule has 1 aliphatic rings. The average Bonchev–Trinajstić information content (AvgIpc) is 2.39. The van der Waals surface area contributed by atoms with Crippen molar-refractivity contribution in [1.29, 1.82) is 0 Å². The van der Waals surface area contributed by atoms with Gasteiger partial charge < -0.3 is 5.32 Å². The molecule has 2 atom stereocenters. The number of rotatable bonds is 3. The minimum absolute atomic E-state index is 0.487. The summed E-state index contributed by atoms with van der Waals surface area (Å²) in [4.78, 5) is 6.65. The Morgan fingerprint density at radius 1 is 1.29 bits per heavy atom. The molecule has 1 aromatic rings. The second-order valence-corrected chi connectivity index (χ2v) is 5.26. The molecule has 0 amide bonds. The zero-order valence-corrected chi connectivity index (χ0v) is 11.1. The van der Waals surface area contributed by atoms with Crippen LogP contribution < -0.4 is 5.32 Å². The molecule has 2 rings (SSSR count). The van der Waals surface area contributed by atoms with Gasteiger partial charge in [-0.1, -0.05) is 13.8 Å². The predicted octanol–water partition coefficient (Wildman–Crippen LogP) is 2.07. The van der Waals surface area contributed by atoms with Crippen molar-refractivity contribution in [3.8, 4) is 0 Å². The quantitative estimate of drug-likeness (QED) is 0.866. The van der Waals surface area contributed by atoms with Crippen LogP contribution >= 0.6 is 0 Å². The third-order valence-electron chi connectivity index (χ3n) is 3.78. The number of piperazine rings is 1. The lowest BCUT2D eigenvalue weighted by atomic mass is 9.99. The third-order valence-corrected chi connectivity index (χ3v) is 3.78. The van der Waals surface area contributed by atoms with Gasteiger partial charge >= 0.3 is 0 Å². The highest BCUT2D eigenvalue weighted by Gasteiger charge is 2.25. The van der Waals surface area contributed by atoms with Crippen molar-refractivity contribution < 1.29 is 0 Å². The molecule has 3 nitrogen and oxygen atoms in total. The third kappa shape index (κ3) is 3.05. The van der Waals surface area contributed by atoms with Crippen molar-refractivity contribution in [1.82, 2.24) is 15.2 Å². The van der Waals surface area contributed by atoms with E-state index < -0.39 is 0 Å². The average molecular weight is 233 g/mol. The summed E-state index contributed by atoms with van der Waals surface area (Å²) in [5, 5.41) is 3.60. The first-order chi connectivity index (χ1) is 8.18. The van der Waals surface area contributed by atoms with Crippen molar-refractivity contribution >= 4 is 0 Å². The Labute approximate surface area is 104 Å². The zero-order valence-electron chi connectivity index (χ0n) is 11.1. The lowest BCUT2D eigenvalue weighted by Crippen LogP contribution is -2.53. The lowest BCUT2D eigenvalue weighted by molar-refractivity contribution is 0.135. The van der Waals surface area contributed by atoms with Gasteiger partial charge in [-0.2, -0.15) is 0 Å². The van der Waals surface area contributed by atoms with Gasteiger partial charge in [-0.15, -0.1) is 0 Å². The second kappa shape index (κ2) is 5.61. The summed E-state index contributed by atoms with van der Waals surface area (Å²) in [6.45, 7) is 10.2. The Balaban J connectivity index is 2.02. The molecule has 1 fully saturated rings. The molecule has 0 aliphatic carbocycles. The first kappa shape index (κ1) is 12.5. The monoisotopic (exact) mass is 233 g/mol. The van der Waals surface area contributed by atoms with E-state index >= 15 is 0 Å². The number of hydrogen-bond acceptors (Lipinski definition) is 3. The lowest BCUT2D eigenvalue weighted by Gasteiger charge is -2.39. The fourth-order valence-electron chi connectivity index (χ4n) is 2.45. The van der Waals surface area contributed by atoms with E-state index in [1.54, 1.807) is 0 Å².